The first kappa shape index (κ1) is 15.1. The van der Waals surface area contributed by atoms with Crippen LogP contribution >= 0.6 is 15.9 Å². The molecule has 116 valence electrons. The Morgan fingerprint density at radius 1 is 1.50 bits per heavy atom. The smallest absolute Gasteiger partial charge is 0.163 e. The predicted octanol–water partition coefficient (Wildman–Crippen LogP) is 1.94. The quantitative estimate of drug-likeness (QED) is 0.884. The van der Waals surface area contributed by atoms with Gasteiger partial charge in [0, 0.05) is 28.4 Å². The maximum atomic E-state index is 12.4. The van der Waals surface area contributed by atoms with Gasteiger partial charge in [-0.1, -0.05) is 15.9 Å². The van der Waals surface area contributed by atoms with E-state index in [1.54, 1.807) is 12.1 Å². The predicted molar refractivity (Wildman–Crippen MR) is 80.3 cm³/mol. The topological polar surface area (TPSA) is 86.7 Å². The van der Waals surface area contributed by atoms with Crippen LogP contribution in [0, 0.1) is 5.92 Å². The Labute approximate surface area is 135 Å². The fraction of sp³-hybridized carbons (Fsp3) is 0.375. The molecule has 0 spiro atoms. The molecule has 0 heterocycles. The number of carbonyl (C=O) groups is 2. The summed E-state index contributed by atoms with van der Waals surface area (Å²) in [6, 6.07) is 3.53. The maximum Gasteiger partial charge on any atom is 0.163 e. The number of aliphatic hydroxyl groups excluding tert-OH is 1. The van der Waals surface area contributed by atoms with Gasteiger partial charge in [0.2, 0.25) is 0 Å². The number of hydrogen-bond acceptors (Lipinski definition) is 5. The second kappa shape index (κ2) is 5.43. The van der Waals surface area contributed by atoms with Crippen molar-refractivity contribution < 1.29 is 24.5 Å². The molecule has 0 unspecified atom stereocenters. The fourth-order valence-corrected chi connectivity index (χ4v) is 4.12. The van der Waals surface area contributed by atoms with Crippen LogP contribution in [0.5, 0.6) is 5.75 Å². The highest BCUT2D eigenvalue weighted by atomic mass is 79.9. The van der Waals surface area contributed by atoms with Gasteiger partial charge in [-0.25, -0.2) is 0 Å². The summed E-state index contributed by atoms with van der Waals surface area (Å²) >= 11 is 3.46. The minimum atomic E-state index is -1.16. The molecule has 0 saturated heterocycles. The van der Waals surface area contributed by atoms with E-state index in [2.05, 4.69) is 15.9 Å². The number of allylic oxidation sites excluding steroid dienone is 1. The second-order valence-corrected chi connectivity index (χ2v) is 6.51. The fourth-order valence-electron chi connectivity index (χ4n) is 3.52. The summed E-state index contributed by atoms with van der Waals surface area (Å²) in [6.45, 7) is 0. The van der Waals surface area contributed by atoms with Crippen LogP contribution in [-0.2, 0) is 9.59 Å². The SMILES string of the molecule is COc1ccc(Br)c2c1C(O)=C1C(=O)C[C@@H](CC(=O)[O-])C[C@@H]12. The number of benzene rings is 1. The van der Waals surface area contributed by atoms with Crippen molar-refractivity contribution in [3.8, 4) is 5.75 Å². The molecular formula is C16H14BrO5-. The normalized spacial score (nSPS) is 23.3. The van der Waals surface area contributed by atoms with E-state index in [4.69, 9.17) is 4.74 Å². The number of aliphatic hydroxyl groups is 1. The van der Waals surface area contributed by atoms with E-state index in [0.717, 1.165) is 10.0 Å². The highest BCUT2D eigenvalue weighted by Gasteiger charge is 2.43. The molecule has 1 saturated carbocycles. The number of carboxylic acids is 1. The molecule has 1 N–H and O–H groups in total. The summed E-state index contributed by atoms with van der Waals surface area (Å²) in [7, 11) is 1.50. The van der Waals surface area contributed by atoms with Crippen LogP contribution in [0.3, 0.4) is 0 Å². The van der Waals surface area contributed by atoms with E-state index in [1.807, 2.05) is 0 Å². The lowest BCUT2D eigenvalue weighted by Crippen LogP contribution is -2.30. The Morgan fingerprint density at radius 3 is 2.86 bits per heavy atom. The molecule has 1 aromatic carbocycles. The summed E-state index contributed by atoms with van der Waals surface area (Å²) in [5, 5.41) is 21.3. The van der Waals surface area contributed by atoms with E-state index in [-0.39, 0.29) is 36.2 Å². The molecule has 0 amide bonds. The second-order valence-electron chi connectivity index (χ2n) is 5.66. The number of hydrogen-bond donors (Lipinski definition) is 1. The average molecular weight is 366 g/mol. The minimum absolute atomic E-state index is 0.0462. The number of carbonyl (C=O) groups excluding carboxylic acids is 2. The number of aliphatic carboxylic acids is 1. The lowest BCUT2D eigenvalue weighted by Gasteiger charge is -2.28. The summed E-state index contributed by atoms with van der Waals surface area (Å²) in [5.74, 6) is -1.48. The Bertz CT molecular complexity index is 707. The Hall–Kier alpha value is -1.82. The zero-order chi connectivity index (χ0) is 16.0. The van der Waals surface area contributed by atoms with Gasteiger partial charge in [-0.15, -0.1) is 0 Å². The molecule has 1 fully saturated rings. The maximum absolute atomic E-state index is 12.4. The lowest BCUT2D eigenvalue weighted by molar-refractivity contribution is -0.306. The molecule has 1 aromatic rings. The van der Waals surface area contributed by atoms with E-state index in [9.17, 15) is 19.8 Å². The molecule has 0 radical (unpaired) electrons. The van der Waals surface area contributed by atoms with E-state index in [0.29, 0.717) is 23.3 Å². The Balaban J connectivity index is 2.10. The Kier molecular flexibility index (Phi) is 3.72. The van der Waals surface area contributed by atoms with Gasteiger partial charge in [-0.05, 0) is 36.5 Å². The van der Waals surface area contributed by atoms with Gasteiger partial charge in [0.05, 0.1) is 12.7 Å². The number of carboxylic acid groups (broad SMARTS) is 1. The standard InChI is InChI=1S/C16H15BrO5/c1-22-11-3-2-9(17)13-8-4-7(6-12(19)20)5-10(18)14(8)16(21)15(11)13/h2-3,7-8,21H,4-6H2,1H3,(H,19,20)/p-1/t7-,8+/m0/s1. The molecule has 2 aliphatic carbocycles. The van der Waals surface area contributed by atoms with Crippen molar-refractivity contribution in [1.29, 1.82) is 0 Å². The summed E-state index contributed by atoms with van der Waals surface area (Å²) in [5.41, 5.74) is 1.69. The largest absolute Gasteiger partial charge is 0.550 e. The van der Waals surface area contributed by atoms with Crippen molar-refractivity contribution in [2.75, 3.05) is 7.11 Å². The third-order valence-electron chi connectivity index (χ3n) is 4.36. The van der Waals surface area contributed by atoms with E-state index in [1.165, 1.54) is 7.11 Å². The first-order valence-electron chi connectivity index (χ1n) is 6.97. The molecule has 0 aliphatic heterocycles. The van der Waals surface area contributed by atoms with Crippen molar-refractivity contribution >= 4 is 33.4 Å². The molecule has 3 rings (SSSR count). The van der Waals surface area contributed by atoms with Gasteiger partial charge in [-0.2, -0.15) is 0 Å². The summed E-state index contributed by atoms with van der Waals surface area (Å²) in [6.07, 6.45) is 0.475. The van der Waals surface area contributed by atoms with Crippen LogP contribution in [-0.4, -0.2) is 24.0 Å². The van der Waals surface area contributed by atoms with Crippen LogP contribution in [0.4, 0.5) is 0 Å². The first-order chi connectivity index (χ1) is 10.4. The van der Waals surface area contributed by atoms with Crippen molar-refractivity contribution in [2.45, 2.75) is 25.2 Å². The molecule has 22 heavy (non-hydrogen) atoms. The molecule has 6 heteroatoms. The highest BCUT2D eigenvalue weighted by Crippen LogP contribution is 2.53. The molecule has 0 bridgehead atoms. The third kappa shape index (κ3) is 2.22. The van der Waals surface area contributed by atoms with Crippen molar-refractivity contribution in [1.82, 2.24) is 0 Å². The lowest BCUT2D eigenvalue weighted by atomic mass is 9.75. The average Bonchev–Trinajstić information content (AvgIpc) is 2.74. The zero-order valence-electron chi connectivity index (χ0n) is 11.9. The van der Waals surface area contributed by atoms with Gasteiger partial charge < -0.3 is 19.7 Å². The number of methoxy groups -OCH3 is 1. The Morgan fingerprint density at radius 2 is 2.23 bits per heavy atom. The van der Waals surface area contributed by atoms with Crippen LogP contribution in [0.2, 0.25) is 0 Å². The van der Waals surface area contributed by atoms with E-state index >= 15 is 0 Å². The number of Topliss-reactive ketones (excluding diaryl/α,β-unsaturated/α-hetero) is 1. The van der Waals surface area contributed by atoms with Gasteiger partial charge in [-0.3, -0.25) is 4.79 Å². The molecule has 0 aromatic heterocycles. The number of rotatable bonds is 3. The molecular weight excluding hydrogens is 352 g/mol. The van der Waals surface area contributed by atoms with Crippen LogP contribution in [0.1, 0.15) is 36.3 Å². The van der Waals surface area contributed by atoms with Gasteiger partial charge in [0.15, 0.2) is 5.78 Å². The van der Waals surface area contributed by atoms with Crippen molar-refractivity contribution in [2.24, 2.45) is 5.92 Å². The number of ether oxygens (including phenoxy) is 1. The van der Waals surface area contributed by atoms with Crippen LogP contribution in [0.25, 0.3) is 5.76 Å². The molecule has 5 nitrogen and oxygen atoms in total. The molecule has 2 atom stereocenters. The number of fused-ring (bicyclic) bond motifs is 3. The molecule has 2 aliphatic rings. The third-order valence-corrected chi connectivity index (χ3v) is 5.05. The van der Waals surface area contributed by atoms with Crippen LogP contribution < -0.4 is 9.84 Å². The minimum Gasteiger partial charge on any atom is -0.550 e. The number of ketones is 1. The van der Waals surface area contributed by atoms with Crippen molar-refractivity contribution in [3.63, 3.8) is 0 Å². The van der Waals surface area contributed by atoms with Gasteiger partial charge in [0.25, 0.3) is 0 Å². The van der Waals surface area contributed by atoms with Gasteiger partial charge in [0.1, 0.15) is 11.5 Å². The highest BCUT2D eigenvalue weighted by molar-refractivity contribution is 9.10. The van der Waals surface area contributed by atoms with Gasteiger partial charge >= 0.3 is 0 Å². The first-order valence-corrected chi connectivity index (χ1v) is 7.76. The van der Waals surface area contributed by atoms with Crippen molar-refractivity contribution in [3.05, 3.63) is 33.3 Å². The monoisotopic (exact) mass is 365 g/mol. The summed E-state index contributed by atoms with van der Waals surface area (Å²) < 4.78 is 6.06. The number of halogens is 1. The summed E-state index contributed by atoms with van der Waals surface area (Å²) in [4.78, 5) is 23.2. The zero-order valence-corrected chi connectivity index (χ0v) is 13.5. The van der Waals surface area contributed by atoms with Crippen LogP contribution in [0.15, 0.2) is 22.2 Å². The van der Waals surface area contributed by atoms with E-state index < -0.39 is 5.97 Å².